The van der Waals surface area contributed by atoms with E-state index in [0.29, 0.717) is 23.0 Å². The van der Waals surface area contributed by atoms with Crippen molar-refractivity contribution in [3.8, 4) is 0 Å². The van der Waals surface area contributed by atoms with Crippen LogP contribution in [0.4, 0.5) is 11.6 Å². The van der Waals surface area contributed by atoms with Crippen LogP contribution in [0.5, 0.6) is 0 Å². The molecule has 8 heteroatoms. The van der Waals surface area contributed by atoms with Gasteiger partial charge in [0.1, 0.15) is 0 Å². The highest BCUT2D eigenvalue weighted by Crippen LogP contribution is 2.34. The van der Waals surface area contributed by atoms with Crippen molar-refractivity contribution >= 4 is 34.5 Å². The minimum absolute atomic E-state index is 0.0907. The summed E-state index contributed by atoms with van der Waals surface area (Å²) in [7, 11) is 1.63. The second-order valence-electron chi connectivity index (χ2n) is 13.4. The van der Waals surface area contributed by atoms with E-state index in [1.165, 1.54) is 5.56 Å². The van der Waals surface area contributed by atoms with Crippen LogP contribution in [-0.4, -0.2) is 64.4 Å². The van der Waals surface area contributed by atoms with Crippen LogP contribution in [0.25, 0.3) is 11.0 Å². The van der Waals surface area contributed by atoms with Gasteiger partial charge in [-0.3, -0.25) is 14.5 Å². The van der Waals surface area contributed by atoms with Gasteiger partial charge in [0.05, 0.1) is 11.0 Å². The molecule has 1 fully saturated rings. The van der Waals surface area contributed by atoms with Gasteiger partial charge in [0, 0.05) is 62.6 Å². The van der Waals surface area contributed by atoms with E-state index in [1.54, 1.807) is 7.05 Å². The Hall–Kier alpha value is -4.17. The fraction of sp³-hybridized carbons (Fsp3) is 0.447. The van der Waals surface area contributed by atoms with Gasteiger partial charge in [-0.2, -0.15) is 0 Å². The van der Waals surface area contributed by atoms with Gasteiger partial charge in [0.25, 0.3) is 11.8 Å². The lowest BCUT2D eigenvalue weighted by molar-refractivity contribution is 0.0740. The van der Waals surface area contributed by atoms with E-state index in [4.69, 9.17) is 4.98 Å². The number of piperidine rings is 1. The monoisotopic (exact) mass is 622 g/mol. The number of amides is 2. The molecule has 1 saturated heterocycles. The first kappa shape index (κ1) is 33.2. The molecule has 4 aromatic rings. The molecule has 244 valence electrons. The maximum Gasteiger partial charge on any atom is 0.253 e. The zero-order valence-corrected chi connectivity index (χ0v) is 28.1. The zero-order chi connectivity index (χ0) is 32.6. The summed E-state index contributed by atoms with van der Waals surface area (Å²) in [5.74, 6) is 1.79. The standard InChI is InChI=1S/C38H50N6O2/c1-27(2)17-23-43(24-18-28(3)4)37(46)31-13-16-34-35(25-31)44(33-19-21-42(22-20-33)26-29-9-7-6-8-10-29)38(41-34)40-32-14-11-30(12-15-32)36(45)39-5/h6-16,25,27-28,33H,17-24,26H2,1-5H3,(H,39,45)(H,40,41). The third kappa shape index (κ3) is 8.35. The lowest BCUT2D eigenvalue weighted by Gasteiger charge is -2.33. The molecule has 1 aromatic heterocycles. The predicted molar refractivity (Wildman–Crippen MR) is 188 cm³/mol. The first-order chi connectivity index (χ1) is 22.2. The fourth-order valence-electron chi connectivity index (χ4n) is 6.17. The third-order valence-corrected chi connectivity index (χ3v) is 8.98. The molecular weight excluding hydrogens is 572 g/mol. The molecule has 0 bridgehead atoms. The summed E-state index contributed by atoms with van der Waals surface area (Å²) in [6.45, 7) is 13.3. The fourth-order valence-corrected chi connectivity index (χ4v) is 6.17. The van der Waals surface area contributed by atoms with Gasteiger partial charge in [-0.05, 0) is 85.5 Å². The summed E-state index contributed by atoms with van der Waals surface area (Å²) >= 11 is 0. The molecule has 0 radical (unpaired) electrons. The SMILES string of the molecule is CNC(=O)c1ccc(Nc2nc3ccc(C(=O)N(CCC(C)C)CCC(C)C)cc3n2C2CCN(Cc3ccccc3)CC2)cc1. The molecule has 1 aliphatic heterocycles. The average Bonchev–Trinajstić information content (AvgIpc) is 3.42. The number of anilines is 2. The van der Waals surface area contributed by atoms with E-state index in [2.05, 4.69) is 84.2 Å². The van der Waals surface area contributed by atoms with E-state index in [0.717, 1.165) is 81.1 Å². The molecule has 0 aliphatic carbocycles. The number of aromatic nitrogens is 2. The van der Waals surface area contributed by atoms with Crippen LogP contribution < -0.4 is 10.6 Å². The van der Waals surface area contributed by atoms with E-state index in [9.17, 15) is 9.59 Å². The molecular formula is C38H50N6O2. The van der Waals surface area contributed by atoms with E-state index in [1.807, 2.05) is 41.3 Å². The first-order valence-corrected chi connectivity index (χ1v) is 16.9. The van der Waals surface area contributed by atoms with Crippen molar-refractivity contribution in [2.24, 2.45) is 11.8 Å². The average molecular weight is 623 g/mol. The Morgan fingerprint density at radius 3 is 2.11 bits per heavy atom. The highest BCUT2D eigenvalue weighted by molar-refractivity contribution is 5.98. The summed E-state index contributed by atoms with van der Waals surface area (Å²) in [6.07, 6.45) is 3.93. The molecule has 3 aromatic carbocycles. The summed E-state index contributed by atoms with van der Waals surface area (Å²) < 4.78 is 2.31. The van der Waals surface area contributed by atoms with E-state index < -0.39 is 0 Å². The summed E-state index contributed by atoms with van der Waals surface area (Å²) in [4.78, 5) is 35.7. The summed E-state index contributed by atoms with van der Waals surface area (Å²) in [5.41, 5.74) is 5.35. The number of rotatable bonds is 13. The molecule has 2 N–H and O–H groups in total. The Labute approximate surface area is 274 Å². The lowest BCUT2D eigenvalue weighted by Crippen LogP contribution is -2.34. The number of imidazole rings is 1. The molecule has 0 unspecified atom stereocenters. The van der Waals surface area contributed by atoms with Gasteiger partial charge in [-0.1, -0.05) is 58.0 Å². The predicted octanol–water partition coefficient (Wildman–Crippen LogP) is 7.51. The van der Waals surface area contributed by atoms with Crippen LogP contribution in [0, 0.1) is 11.8 Å². The van der Waals surface area contributed by atoms with E-state index in [-0.39, 0.29) is 17.9 Å². The van der Waals surface area contributed by atoms with Gasteiger partial charge < -0.3 is 20.1 Å². The van der Waals surface area contributed by atoms with Crippen LogP contribution in [0.3, 0.4) is 0 Å². The summed E-state index contributed by atoms with van der Waals surface area (Å²) in [6, 6.07) is 24.3. The molecule has 5 rings (SSSR count). The van der Waals surface area contributed by atoms with E-state index >= 15 is 0 Å². The molecule has 2 amide bonds. The van der Waals surface area contributed by atoms with Gasteiger partial charge in [-0.25, -0.2) is 4.98 Å². The second-order valence-corrected chi connectivity index (χ2v) is 13.4. The first-order valence-electron chi connectivity index (χ1n) is 16.9. The Bertz CT molecular complexity index is 1570. The van der Waals surface area contributed by atoms with Crippen LogP contribution in [0.1, 0.15) is 85.7 Å². The second kappa shape index (κ2) is 15.4. The lowest BCUT2D eigenvalue weighted by atomic mass is 10.0. The third-order valence-electron chi connectivity index (χ3n) is 8.98. The van der Waals surface area contributed by atoms with Gasteiger partial charge in [0.15, 0.2) is 0 Å². The number of hydrogen-bond acceptors (Lipinski definition) is 5. The Kier molecular flexibility index (Phi) is 11.1. The molecule has 0 saturated carbocycles. The van der Waals surface area contributed by atoms with Crippen molar-refractivity contribution in [1.82, 2.24) is 24.7 Å². The molecule has 0 atom stereocenters. The Balaban J connectivity index is 1.45. The molecule has 0 spiro atoms. The molecule has 8 nitrogen and oxygen atoms in total. The zero-order valence-electron chi connectivity index (χ0n) is 28.1. The van der Waals surface area contributed by atoms with Gasteiger partial charge >= 0.3 is 0 Å². The van der Waals surface area contributed by atoms with Crippen molar-refractivity contribution < 1.29 is 9.59 Å². The number of carbonyl (C=O) groups excluding carboxylic acids is 2. The summed E-state index contributed by atoms with van der Waals surface area (Å²) in [5, 5.41) is 6.22. The highest BCUT2D eigenvalue weighted by atomic mass is 16.2. The minimum Gasteiger partial charge on any atom is -0.355 e. The number of nitrogens with zero attached hydrogens (tertiary/aromatic N) is 4. The van der Waals surface area contributed by atoms with Crippen LogP contribution in [0.2, 0.25) is 0 Å². The smallest absolute Gasteiger partial charge is 0.253 e. The number of hydrogen-bond donors (Lipinski definition) is 2. The van der Waals surface area contributed by atoms with Crippen molar-refractivity contribution in [1.29, 1.82) is 0 Å². The van der Waals surface area contributed by atoms with Gasteiger partial charge in [0.2, 0.25) is 5.95 Å². The number of likely N-dealkylation sites (tertiary alicyclic amines) is 1. The van der Waals surface area contributed by atoms with Crippen molar-refractivity contribution in [2.45, 2.75) is 66.0 Å². The molecule has 2 heterocycles. The van der Waals surface area contributed by atoms with Crippen LogP contribution in [0.15, 0.2) is 72.8 Å². The van der Waals surface area contributed by atoms with Crippen LogP contribution >= 0.6 is 0 Å². The maximum absolute atomic E-state index is 14.0. The highest BCUT2D eigenvalue weighted by Gasteiger charge is 2.26. The topological polar surface area (TPSA) is 82.5 Å². The normalized spacial score (nSPS) is 14.2. The molecule has 46 heavy (non-hydrogen) atoms. The quantitative estimate of drug-likeness (QED) is 0.161. The number of fused-ring (bicyclic) bond motifs is 1. The van der Waals surface area contributed by atoms with Gasteiger partial charge in [-0.15, -0.1) is 0 Å². The number of benzene rings is 3. The maximum atomic E-state index is 14.0. The molecule has 1 aliphatic rings. The minimum atomic E-state index is -0.117. The number of carbonyl (C=O) groups is 2. The Morgan fingerprint density at radius 2 is 1.50 bits per heavy atom. The Morgan fingerprint density at radius 1 is 0.870 bits per heavy atom. The van der Waals surface area contributed by atoms with Crippen LogP contribution in [-0.2, 0) is 6.54 Å². The van der Waals surface area contributed by atoms with Crippen molar-refractivity contribution in [2.75, 3.05) is 38.5 Å². The largest absolute Gasteiger partial charge is 0.355 e. The van der Waals surface area contributed by atoms with Crippen molar-refractivity contribution in [3.63, 3.8) is 0 Å². The number of nitrogens with one attached hydrogen (secondary N) is 2. The van der Waals surface area contributed by atoms with Crippen molar-refractivity contribution in [3.05, 3.63) is 89.5 Å².